The van der Waals surface area contributed by atoms with Gasteiger partial charge in [0.1, 0.15) is 6.04 Å². The number of benzene rings is 1. The summed E-state index contributed by atoms with van der Waals surface area (Å²) >= 11 is 0. The van der Waals surface area contributed by atoms with E-state index in [1.54, 1.807) is 0 Å². The van der Waals surface area contributed by atoms with Crippen molar-refractivity contribution >= 4 is 12.4 Å². The molecule has 0 aromatic heterocycles. The summed E-state index contributed by atoms with van der Waals surface area (Å²) in [6.07, 6.45) is -9.58. The predicted octanol–water partition coefficient (Wildman–Crippen LogP) is 3.64. The Morgan fingerprint density at radius 3 is 2.00 bits per heavy atom. The van der Waals surface area contributed by atoms with Gasteiger partial charge < -0.3 is 5.32 Å². The van der Waals surface area contributed by atoms with Crippen molar-refractivity contribution in [1.29, 1.82) is 0 Å². The molecular formula is C13H15ClF6N2. The van der Waals surface area contributed by atoms with Crippen molar-refractivity contribution in [2.24, 2.45) is 0 Å². The molecule has 1 N–H and O–H groups in total. The van der Waals surface area contributed by atoms with Crippen molar-refractivity contribution < 1.29 is 26.3 Å². The number of halogens is 7. The lowest BCUT2D eigenvalue weighted by molar-refractivity contribution is -0.190. The van der Waals surface area contributed by atoms with E-state index < -0.39 is 29.5 Å². The number of nitrogens with one attached hydrogen (secondary N) is 1. The number of rotatable bonds is 2. The van der Waals surface area contributed by atoms with E-state index in [9.17, 15) is 26.3 Å². The Balaban J connectivity index is 0.00000242. The van der Waals surface area contributed by atoms with Crippen LogP contribution in [0.1, 0.15) is 17.2 Å². The molecule has 2 rings (SSSR count). The van der Waals surface area contributed by atoms with E-state index in [1.807, 2.05) is 0 Å². The van der Waals surface area contributed by atoms with E-state index >= 15 is 0 Å². The summed E-state index contributed by atoms with van der Waals surface area (Å²) in [7, 11) is 0. The number of hydrogen-bond donors (Lipinski definition) is 1. The smallest absolute Gasteiger partial charge is 0.314 e. The van der Waals surface area contributed by atoms with Gasteiger partial charge in [-0.3, -0.25) is 4.90 Å². The quantitative estimate of drug-likeness (QED) is 0.821. The maximum absolute atomic E-state index is 13.3. The highest BCUT2D eigenvalue weighted by atomic mass is 35.5. The topological polar surface area (TPSA) is 15.3 Å². The fourth-order valence-electron chi connectivity index (χ4n) is 2.51. The molecule has 1 aromatic rings. The summed E-state index contributed by atoms with van der Waals surface area (Å²) in [5.41, 5.74) is -1.97. The zero-order chi connectivity index (χ0) is 15.7. The summed E-state index contributed by atoms with van der Waals surface area (Å²) in [4.78, 5) is 1.04. The second kappa shape index (κ2) is 7.06. The molecule has 0 spiro atoms. The molecule has 9 heteroatoms. The Morgan fingerprint density at radius 2 is 1.50 bits per heavy atom. The van der Waals surface area contributed by atoms with Gasteiger partial charge in [-0.05, 0) is 11.6 Å². The third-order valence-electron chi connectivity index (χ3n) is 3.39. The van der Waals surface area contributed by atoms with Crippen LogP contribution in [0.2, 0.25) is 0 Å². The van der Waals surface area contributed by atoms with Crippen LogP contribution in [0, 0.1) is 0 Å². The molecule has 0 amide bonds. The molecule has 1 aliphatic heterocycles. The number of hydrogen-bond acceptors (Lipinski definition) is 2. The lowest BCUT2D eigenvalue weighted by atomic mass is 9.97. The zero-order valence-corrected chi connectivity index (χ0v) is 12.2. The van der Waals surface area contributed by atoms with Crippen molar-refractivity contribution in [2.75, 3.05) is 26.2 Å². The summed E-state index contributed by atoms with van der Waals surface area (Å²) < 4.78 is 78.9. The zero-order valence-electron chi connectivity index (χ0n) is 11.3. The molecule has 1 aliphatic rings. The second-order valence-corrected chi connectivity index (χ2v) is 4.82. The molecule has 0 aliphatic carbocycles. The summed E-state index contributed by atoms with van der Waals surface area (Å²) in [6.45, 7) is 0.744. The molecular weight excluding hydrogens is 334 g/mol. The maximum Gasteiger partial charge on any atom is 0.416 e. The van der Waals surface area contributed by atoms with Crippen molar-refractivity contribution in [3.63, 3.8) is 0 Å². The molecule has 0 unspecified atom stereocenters. The van der Waals surface area contributed by atoms with Crippen LogP contribution in [0.15, 0.2) is 24.3 Å². The third kappa shape index (κ3) is 4.27. The second-order valence-electron chi connectivity index (χ2n) is 4.82. The Labute approximate surface area is 129 Å². The van der Waals surface area contributed by atoms with E-state index in [4.69, 9.17) is 0 Å². The fourth-order valence-corrected chi connectivity index (χ4v) is 2.51. The van der Waals surface area contributed by atoms with Gasteiger partial charge >= 0.3 is 12.4 Å². The van der Waals surface area contributed by atoms with Crippen LogP contribution in [-0.4, -0.2) is 37.3 Å². The van der Waals surface area contributed by atoms with Crippen molar-refractivity contribution in [1.82, 2.24) is 10.2 Å². The van der Waals surface area contributed by atoms with Crippen LogP contribution in [0.25, 0.3) is 0 Å². The summed E-state index contributed by atoms with van der Waals surface area (Å²) in [5.74, 6) is 0. The lowest BCUT2D eigenvalue weighted by Gasteiger charge is -2.37. The van der Waals surface area contributed by atoms with Crippen LogP contribution in [0.4, 0.5) is 26.3 Å². The van der Waals surface area contributed by atoms with Gasteiger partial charge in [-0.2, -0.15) is 26.3 Å². The predicted molar refractivity (Wildman–Crippen MR) is 71.9 cm³/mol. The van der Waals surface area contributed by atoms with Gasteiger partial charge in [0.15, 0.2) is 0 Å². The standard InChI is InChI=1S/C13H14F6N2.ClH/c14-12(15,16)10-4-2-1-3-9(10)11(13(17,18)19)21-7-5-20-6-8-21;/h1-4,11,20H,5-8H2;1H/t11-;/m0./s1. The molecule has 1 fully saturated rings. The molecule has 126 valence electrons. The molecule has 22 heavy (non-hydrogen) atoms. The maximum atomic E-state index is 13.3. The third-order valence-corrected chi connectivity index (χ3v) is 3.39. The van der Waals surface area contributed by atoms with Gasteiger partial charge in [-0.15, -0.1) is 12.4 Å². The first-order valence-corrected chi connectivity index (χ1v) is 6.39. The van der Waals surface area contributed by atoms with Gasteiger partial charge in [-0.1, -0.05) is 18.2 Å². The van der Waals surface area contributed by atoms with Gasteiger partial charge in [0.05, 0.1) is 5.56 Å². The van der Waals surface area contributed by atoms with Gasteiger partial charge in [0, 0.05) is 26.2 Å². The van der Waals surface area contributed by atoms with Gasteiger partial charge in [0.2, 0.25) is 0 Å². The minimum Gasteiger partial charge on any atom is -0.314 e. The first-order chi connectivity index (χ1) is 9.71. The molecule has 1 atom stereocenters. The number of piperazine rings is 1. The average Bonchev–Trinajstić information content (AvgIpc) is 2.38. The monoisotopic (exact) mass is 348 g/mol. The fraction of sp³-hybridized carbons (Fsp3) is 0.538. The SMILES string of the molecule is Cl.FC(F)(F)c1ccccc1[C@H](N1CCNCC1)C(F)(F)F. The summed E-state index contributed by atoms with van der Waals surface area (Å²) in [6, 6.07) is 1.65. The van der Waals surface area contributed by atoms with Crippen LogP contribution in [0.3, 0.4) is 0 Å². The average molecular weight is 349 g/mol. The van der Waals surface area contributed by atoms with E-state index in [0.29, 0.717) is 19.2 Å². The molecule has 1 heterocycles. The van der Waals surface area contributed by atoms with Crippen molar-refractivity contribution in [3.05, 3.63) is 35.4 Å². The highest BCUT2D eigenvalue weighted by Gasteiger charge is 2.48. The Bertz CT molecular complexity index is 482. The van der Waals surface area contributed by atoms with E-state index in [2.05, 4.69) is 5.32 Å². The molecule has 1 saturated heterocycles. The highest BCUT2D eigenvalue weighted by molar-refractivity contribution is 5.85. The Morgan fingerprint density at radius 1 is 0.955 bits per heavy atom. The number of alkyl halides is 6. The van der Waals surface area contributed by atoms with Crippen molar-refractivity contribution in [2.45, 2.75) is 18.4 Å². The largest absolute Gasteiger partial charge is 0.416 e. The minimum absolute atomic E-state index is 0. The van der Waals surface area contributed by atoms with Gasteiger partial charge in [-0.25, -0.2) is 0 Å². The van der Waals surface area contributed by atoms with E-state index in [0.717, 1.165) is 17.0 Å². The molecule has 0 saturated carbocycles. The molecule has 2 nitrogen and oxygen atoms in total. The highest BCUT2D eigenvalue weighted by Crippen LogP contribution is 2.43. The Hall–Kier alpha value is -0.990. The van der Waals surface area contributed by atoms with E-state index in [-0.39, 0.29) is 25.5 Å². The van der Waals surface area contributed by atoms with Crippen molar-refractivity contribution in [3.8, 4) is 0 Å². The van der Waals surface area contributed by atoms with Gasteiger partial charge in [0.25, 0.3) is 0 Å². The van der Waals surface area contributed by atoms with Crippen LogP contribution in [-0.2, 0) is 6.18 Å². The Kier molecular flexibility index (Phi) is 6.11. The lowest BCUT2D eigenvalue weighted by Crippen LogP contribution is -2.49. The molecule has 0 radical (unpaired) electrons. The first-order valence-electron chi connectivity index (χ1n) is 6.39. The molecule has 1 aromatic carbocycles. The first kappa shape index (κ1) is 19.1. The summed E-state index contributed by atoms with van der Waals surface area (Å²) in [5, 5.41) is 2.89. The number of nitrogens with zero attached hydrogens (tertiary/aromatic N) is 1. The van der Waals surface area contributed by atoms with Crippen LogP contribution < -0.4 is 5.32 Å². The molecule has 0 bridgehead atoms. The normalized spacial score (nSPS) is 18.6. The van der Waals surface area contributed by atoms with Crippen LogP contribution in [0.5, 0.6) is 0 Å². The van der Waals surface area contributed by atoms with Crippen LogP contribution >= 0.6 is 12.4 Å². The minimum atomic E-state index is -4.81. The van der Waals surface area contributed by atoms with E-state index in [1.165, 1.54) is 6.07 Å².